The summed E-state index contributed by atoms with van der Waals surface area (Å²) in [5, 5.41) is 0. The molecular formula is C15H30N2. The minimum absolute atomic E-state index is 0.661. The highest BCUT2D eigenvalue weighted by Crippen LogP contribution is 2.47. The Morgan fingerprint density at radius 3 is 2.18 bits per heavy atom. The zero-order valence-corrected chi connectivity index (χ0v) is 12.2. The van der Waals surface area contributed by atoms with E-state index < -0.39 is 0 Å². The van der Waals surface area contributed by atoms with Crippen LogP contribution < -0.4 is 0 Å². The molecule has 0 amide bonds. The molecule has 2 heteroatoms. The van der Waals surface area contributed by atoms with E-state index in [1.807, 2.05) is 0 Å². The fourth-order valence-corrected chi connectivity index (χ4v) is 3.47. The molecule has 2 rings (SSSR count). The summed E-state index contributed by atoms with van der Waals surface area (Å²) in [5.74, 6) is 1.86. The first-order chi connectivity index (χ1) is 8.01. The number of likely N-dealkylation sites (tertiary alicyclic amines) is 1. The van der Waals surface area contributed by atoms with E-state index >= 15 is 0 Å². The van der Waals surface area contributed by atoms with Crippen molar-refractivity contribution in [1.29, 1.82) is 0 Å². The average Bonchev–Trinajstić information content (AvgIpc) is 2.97. The molecule has 17 heavy (non-hydrogen) atoms. The van der Waals surface area contributed by atoms with Crippen molar-refractivity contribution >= 4 is 0 Å². The summed E-state index contributed by atoms with van der Waals surface area (Å²) in [6.07, 6.45) is 5.76. The Kier molecular flexibility index (Phi) is 4.14. The molecule has 1 aliphatic heterocycles. The molecule has 1 aliphatic carbocycles. The molecule has 2 fully saturated rings. The van der Waals surface area contributed by atoms with Gasteiger partial charge in [0, 0.05) is 13.1 Å². The van der Waals surface area contributed by atoms with Crippen molar-refractivity contribution < 1.29 is 0 Å². The smallest absolute Gasteiger partial charge is 0.00502 e. The van der Waals surface area contributed by atoms with E-state index in [4.69, 9.17) is 0 Å². The van der Waals surface area contributed by atoms with Gasteiger partial charge in [-0.2, -0.15) is 0 Å². The monoisotopic (exact) mass is 238 g/mol. The van der Waals surface area contributed by atoms with E-state index in [-0.39, 0.29) is 0 Å². The Balaban J connectivity index is 1.75. The normalized spacial score (nSPS) is 25.8. The van der Waals surface area contributed by atoms with E-state index in [1.54, 1.807) is 0 Å². The number of hydrogen-bond donors (Lipinski definition) is 0. The van der Waals surface area contributed by atoms with Crippen LogP contribution in [0.1, 0.15) is 39.5 Å². The molecule has 1 saturated heterocycles. The Morgan fingerprint density at radius 2 is 1.76 bits per heavy atom. The second kappa shape index (κ2) is 5.27. The zero-order chi connectivity index (χ0) is 12.5. The van der Waals surface area contributed by atoms with Gasteiger partial charge < -0.3 is 9.80 Å². The van der Waals surface area contributed by atoms with Gasteiger partial charge in [-0.3, -0.25) is 0 Å². The van der Waals surface area contributed by atoms with Crippen molar-refractivity contribution in [2.75, 3.05) is 40.3 Å². The first-order valence-electron chi connectivity index (χ1n) is 7.38. The van der Waals surface area contributed by atoms with Crippen molar-refractivity contribution in [2.45, 2.75) is 39.5 Å². The molecule has 1 saturated carbocycles. The quantitative estimate of drug-likeness (QED) is 0.726. The Bertz CT molecular complexity index is 235. The van der Waals surface area contributed by atoms with E-state index in [2.05, 4.69) is 37.7 Å². The van der Waals surface area contributed by atoms with Crippen LogP contribution in [0.4, 0.5) is 0 Å². The molecular weight excluding hydrogens is 208 g/mol. The maximum atomic E-state index is 2.73. The second-order valence-electron chi connectivity index (χ2n) is 7.10. The Morgan fingerprint density at radius 1 is 1.18 bits per heavy atom. The van der Waals surface area contributed by atoms with Crippen LogP contribution in [0.2, 0.25) is 0 Å². The molecule has 0 spiro atoms. The van der Waals surface area contributed by atoms with Crippen molar-refractivity contribution in [1.82, 2.24) is 9.80 Å². The SMILES string of the molecule is CC(C)C1CCN(CC2(CN(C)C)CC2)CC1. The lowest BCUT2D eigenvalue weighted by molar-refractivity contribution is 0.123. The van der Waals surface area contributed by atoms with Gasteiger partial charge in [-0.15, -0.1) is 0 Å². The summed E-state index contributed by atoms with van der Waals surface area (Å²) in [4.78, 5) is 5.10. The van der Waals surface area contributed by atoms with Gasteiger partial charge in [0.1, 0.15) is 0 Å². The van der Waals surface area contributed by atoms with Crippen LogP contribution in [0.15, 0.2) is 0 Å². The van der Waals surface area contributed by atoms with Crippen LogP contribution in [0.25, 0.3) is 0 Å². The van der Waals surface area contributed by atoms with Crippen LogP contribution in [0.3, 0.4) is 0 Å². The summed E-state index contributed by atoms with van der Waals surface area (Å²) < 4.78 is 0. The van der Waals surface area contributed by atoms with Crippen LogP contribution >= 0.6 is 0 Å². The van der Waals surface area contributed by atoms with E-state index in [9.17, 15) is 0 Å². The molecule has 1 heterocycles. The molecule has 0 radical (unpaired) electrons. The van der Waals surface area contributed by atoms with Gasteiger partial charge >= 0.3 is 0 Å². The molecule has 2 nitrogen and oxygen atoms in total. The molecule has 0 aromatic rings. The van der Waals surface area contributed by atoms with Crippen molar-refractivity contribution in [3.8, 4) is 0 Å². The lowest BCUT2D eigenvalue weighted by Crippen LogP contribution is -2.41. The predicted octanol–water partition coefficient (Wildman–Crippen LogP) is 2.70. The summed E-state index contributed by atoms with van der Waals surface area (Å²) in [6, 6.07) is 0. The van der Waals surface area contributed by atoms with Gasteiger partial charge in [-0.1, -0.05) is 13.8 Å². The third-order valence-electron chi connectivity index (χ3n) is 4.74. The molecule has 0 aromatic carbocycles. The summed E-state index contributed by atoms with van der Waals surface area (Å²) in [6.45, 7) is 10.1. The van der Waals surface area contributed by atoms with E-state index in [1.165, 1.54) is 51.9 Å². The fourth-order valence-electron chi connectivity index (χ4n) is 3.47. The molecule has 0 N–H and O–H groups in total. The maximum Gasteiger partial charge on any atom is 0.00502 e. The standard InChI is InChI=1S/C15H30N2/c1-13(2)14-5-9-17(10-6-14)12-15(7-8-15)11-16(3)4/h13-14H,5-12H2,1-4H3. The van der Waals surface area contributed by atoms with Crippen LogP contribution in [-0.4, -0.2) is 50.1 Å². The molecule has 0 unspecified atom stereocenters. The minimum Gasteiger partial charge on any atom is -0.309 e. The van der Waals surface area contributed by atoms with Gasteiger partial charge in [0.05, 0.1) is 0 Å². The van der Waals surface area contributed by atoms with E-state index in [0.29, 0.717) is 5.41 Å². The zero-order valence-electron chi connectivity index (χ0n) is 12.2. The van der Waals surface area contributed by atoms with Gasteiger partial charge in [-0.25, -0.2) is 0 Å². The maximum absolute atomic E-state index is 2.73. The highest BCUT2D eigenvalue weighted by atomic mass is 15.2. The topological polar surface area (TPSA) is 6.48 Å². The molecule has 0 atom stereocenters. The summed E-state index contributed by atoms with van der Waals surface area (Å²) in [5.41, 5.74) is 0.661. The second-order valence-corrected chi connectivity index (χ2v) is 7.10. The Hall–Kier alpha value is -0.0800. The molecule has 2 aliphatic rings. The van der Waals surface area contributed by atoms with Gasteiger partial charge in [0.15, 0.2) is 0 Å². The van der Waals surface area contributed by atoms with Crippen molar-refractivity contribution in [2.24, 2.45) is 17.3 Å². The molecule has 100 valence electrons. The summed E-state index contributed by atoms with van der Waals surface area (Å²) in [7, 11) is 4.43. The van der Waals surface area contributed by atoms with Crippen LogP contribution in [0, 0.1) is 17.3 Å². The average molecular weight is 238 g/mol. The third-order valence-corrected chi connectivity index (χ3v) is 4.74. The third kappa shape index (κ3) is 3.69. The first kappa shape index (κ1) is 13.4. The van der Waals surface area contributed by atoms with E-state index in [0.717, 1.165) is 11.8 Å². The number of rotatable bonds is 5. The highest BCUT2D eigenvalue weighted by Gasteiger charge is 2.44. The van der Waals surface area contributed by atoms with Gasteiger partial charge in [-0.05, 0) is 70.1 Å². The van der Waals surface area contributed by atoms with Crippen LogP contribution in [-0.2, 0) is 0 Å². The molecule has 0 aromatic heterocycles. The lowest BCUT2D eigenvalue weighted by Gasteiger charge is -2.36. The van der Waals surface area contributed by atoms with Crippen molar-refractivity contribution in [3.63, 3.8) is 0 Å². The highest BCUT2D eigenvalue weighted by molar-refractivity contribution is 4.97. The lowest BCUT2D eigenvalue weighted by atomic mass is 9.86. The van der Waals surface area contributed by atoms with Crippen molar-refractivity contribution in [3.05, 3.63) is 0 Å². The van der Waals surface area contributed by atoms with Gasteiger partial charge in [0.25, 0.3) is 0 Å². The van der Waals surface area contributed by atoms with Crippen LogP contribution in [0.5, 0.6) is 0 Å². The molecule has 0 bridgehead atoms. The largest absolute Gasteiger partial charge is 0.309 e. The number of piperidine rings is 1. The Labute approximate surface area is 107 Å². The predicted molar refractivity (Wildman–Crippen MR) is 74.2 cm³/mol. The summed E-state index contributed by atoms with van der Waals surface area (Å²) >= 11 is 0. The number of hydrogen-bond acceptors (Lipinski definition) is 2. The first-order valence-corrected chi connectivity index (χ1v) is 7.38. The number of nitrogens with zero attached hydrogens (tertiary/aromatic N) is 2. The fraction of sp³-hybridized carbons (Fsp3) is 1.00. The van der Waals surface area contributed by atoms with Gasteiger partial charge in [0.2, 0.25) is 0 Å². The minimum atomic E-state index is 0.661.